The van der Waals surface area contributed by atoms with Crippen molar-refractivity contribution in [3.05, 3.63) is 47.7 Å². The van der Waals surface area contributed by atoms with E-state index in [1.165, 1.54) is 18.3 Å². The lowest BCUT2D eigenvalue weighted by Gasteiger charge is -2.08. The Morgan fingerprint density at radius 3 is 2.80 bits per heavy atom. The lowest BCUT2D eigenvalue weighted by atomic mass is 10.3. The zero-order valence-corrected chi connectivity index (χ0v) is 10.7. The smallest absolute Gasteiger partial charge is 0.356 e. The summed E-state index contributed by atoms with van der Waals surface area (Å²) in [5.74, 6) is 0.160. The van der Waals surface area contributed by atoms with Gasteiger partial charge in [-0.05, 0) is 31.2 Å². The molecule has 0 bridgehead atoms. The van der Waals surface area contributed by atoms with E-state index in [9.17, 15) is 9.59 Å². The topological polar surface area (TPSA) is 104 Å². The molecule has 20 heavy (non-hydrogen) atoms. The second kappa shape index (κ2) is 5.87. The van der Waals surface area contributed by atoms with Gasteiger partial charge in [0.1, 0.15) is 11.5 Å². The van der Waals surface area contributed by atoms with Crippen LogP contribution in [0.15, 0.2) is 34.9 Å². The number of carboxylic acid groups (broad SMARTS) is 1. The third-order valence-corrected chi connectivity index (χ3v) is 2.48. The Hall–Kier alpha value is -2.83. The number of aromatic nitrogens is 1. The van der Waals surface area contributed by atoms with Crippen LogP contribution in [0.4, 0.5) is 10.5 Å². The Morgan fingerprint density at radius 1 is 1.35 bits per heavy atom. The Labute approximate surface area is 114 Å². The largest absolute Gasteiger partial charge is 0.476 e. The summed E-state index contributed by atoms with van der Waals surface area (Å²) in [7, 11) is 0. The molecule has 0 aliphatic heterocycles. The Balaban J connectivity index is 1.96. The zero-order valence-electron chi connectivity index (χ0n) is 10.7. The van der Waals surface area contributed by atoms with Gasteiger partial charge < -0.3 is 20.2 Å². The number of urea groups is 1. The summed E-state index contributed by atoms with van der Waals surface area (Å²) >= 11 is 0. The highest BCUT2D eigenvalue weighted by Gasteiger charge is 2.13. The van der Waals surface area contributed by atoms with Gasteiger partial charge in [-0.2, -0.15) is 0 Å². The van der Waals surface area contributed by atoms with Crippen LogP contribution in [0.3, 0.4) is 0 Å². The Kier molecular flexibility index (Phi) is 3.99. The van der Waals surface area contributed by atoms with Crippen LogP contribution in [0, 0.1) is 6.92 Å². The van der Waals surface area contributed by atoms with Gasteiger partial charge in [0.2, 0.25) is 0 Å². The number of hydrogen-bond donors (Lipinski definition) is 3. The van der Waals surface area contributed by atoms with Crippen molar-refractivity contribution in [1.29, 1.82) is 0 Å². The molecule has 3 N–H and O–H groups in total. The van der Waals surface area contributed by atoms with E-state index < -0.39 is 12.0 Å². The number of pyridine rings is 1. The standard InChI is InChI=1S/C13H13N3O4/c1-8-4-5-9(20-8)7-15-13(19)16-10-3-2-6-14-11(10)12(17)18/h2-6H,7H2,1H3,(H,17,18)(H2,15,16,19). The minimum atomic E-state index is -1.21. The first kappa shape index (κ1) is 13.6. The van der Waals surface area contributed by atoms with Crippen molar-refractivity contribution >= 4 is 17.7 Å². The average Bonchev–Trinajstić information content (AvgIpc) is 2.83. The van der Waals surface area contributed by atoms with Gasteiger partial charge in [-0.15, -0.1) is 0 Å². The molecule has 0 saturated carbocycles. The molecule has 7 nitrogen and oxygen atoms in total. The summed E-state index contributed by atoms with van der Waals surface area (Å²) in [5, 5.41) is 13.9. The normalized spacial score (nSPS) is 10.1. The van der Waals surface area contributed by atoms with E-state index in [0.29, 0.717) is 5.76 Å². The number of nitrogens with zero attached hydrogens (tertiary/aromatic N) is 1. The van der Waals surface area contributed by atoms with Crippen molar-refractivity contribution < 1.29 is 19.1 Å². The predicted octanol–water partition coefficient (Wildman–Crippen LogP) is 2.00. The van der Waals surface area contributed by atoms with Crippen LogP contribution in [0.1, 0.15) is 22.0 Å². The van der Waals surface area contributed by atoms with Crippen LogP contribution >= 0.6 is 0 Å². The molecule has 2 amide bonds. The van der Waals surface area contributed by atoms with Crippen molar-refractivity contribution in [3.63, 3.8) is 0 Å². The van der Waals surface area contributed by atoms with Crippen LogP contribution in [-0.2, 0) is 6.54 Å². The number of nitrogens with one attached hydrogen (secondary N) is 2. The fourth-order valence-corrected chi connectivity index (χ4v) is 1.59. The molecule has 0 fully saturated rings. The maximum absolute atomic E-state index is 11.7. The van der Waals surface area contributed by atoms with Gasteiger partial charge in [0.25, 0.3) is 0 Å². The van der Waals surface area contributed by atoms with Crippen molar-refractivity contribution in [1.82, 2.24) is 10.3 Å². The second-order valence-corrected chi connectivity index (χ2v) is 4.02. The predicted molar refractivity (Wildman–Crippen MR) is 70.5 cm³/mol. The minimum absolute atomic E-state index is 0.133. The molecular weight excluding hydrogens is 262 g/mol. The maximum Gasteiger partial charge on any atom is 0.356 e. The van der Waals surface area contributed by atoms with Crippen molar-refractivity contribution in [2.75, 3.05) is 5.32 Å². The number of carbonyl (C=O) groups is 2. The fraction of sp³-hybridized carbons (Fsp3) is 0.154. The monoisotopic (exact) mass is 275 g/mol. The summed E-state index contributed by atoms with van der Waals surface area (Å²) in [4.78, 5) is 26.3. The first-order valence-electron chi connectivity index (χ1n) is 5.85. The van der Waals surface area contributed by atoms with E-state index in [1.807, 2.05) is 0 Å². The SMILES string of the molecule is Cc1ccc(CNC(=O)Nc2cccnc2C(=O)O)o1. The van der Waals surface area contributed by atoms with E-state index in [-0.39, 0.29) is 17.9 Å². The molecule has 0 aliphatic carbocycles. The molecule has 0 radical (unpaired) electrons. The quantitative estimate of drug-likeness (QED) is 0.791. The molecule has 2 aromatic heterocycles. The lowest BCUT2D eigenvalue weighted by Crippen LogP contribution is -2.29. The number of furan rings is 1. The molecular formula is C13H13N3O4. The third kappa shape index (κ3) is 3.35. The van der Waals surface area contributed by atoms with Crippen LogP contribution < -0.4 is 10.6 Å². The van der Waals surface area contributed by atoms with Gasteiger partial charge in [-0.1, -0.05) is 0 Å². The highest BCUT2D eigenvalue weighted by Crippen LogP contribution is 2.12. The van der Waals surface area contributed by atoms with Crippen LogP contribution in [-0.4, -0.2) is 22.1 Å². The number of anilines is 1. The molecule has 2 heterocycles. The van der Waals surface area contributed by atoms with E-state index >= 15 is 0 Å². The summed E-state index contributed by atoms with van der Waals surface area (Å²) in [6.45, 7) is 2.01. The molecule has 7 heteroatoms. The average molecular weight is 275 g/mol. The molecule has 0 aromatic carbocycles. The second-order valence-electron chi connectivity index (χ2n) is 4.02. The molecule has 2 aromatic rings. The van der Waals surface area contributed by atoms with Crippen molar-refractivity contribution in [3.8, 4) is 0 Å². The van der Waals surface area contributed by atoms with Gasteiger partial charge in [-0.25, -0.2) is 14.6 Å². The molecule has 2 rings (SSSR count). The Morgan fingerprint density at radius 2 is 2.15 bits per heavy atom. The van der Waals surface area contributed by atoms with Gasteiger partial charge in [-0.3, -0.25) is 0 Å². The number of carboxylic acids is 1. The van der Waals surface area contributed by atoms with Crippen LogP contribution in [0.5, 0.6) is 0 Å². The van der Waals surface area contributed by atoms with E-state index in [1.54, 1.807) is 19.1 Å². The van der Waals surface area contributed by atoms with Crippen LogP contribution in [0.25, 0.3) is 0 Å². The third-order valence-electron chi connectivity index (χ3n) is 2.48. The zero-order chi connectivity index (χ0) is 14.5. The van der Waals surface area contributed by atoms with Gasteiger partial charge >= 0.3 is 12.0 Å². The van der Waals surface area contributed by atoms with Crippen LogP contribution in [0.2, 0.25) is 0 Å². The number of carbonyl (C=O) groups excluding carboxylic acids is 1. The fourth-order valence-electron chi connectivity index (χ4n) is 1.59. The Bertz CT molecular complexity index is 636. The van der Waals surface area contributed by atoms with E-state index in [0.717, 1.165) is 5.76 Å². The van der Waals surface area contributed by atoms with E-state index in [2.05, 4.69) is 15.6 Å². The number of hydrogen-bond acceptors (Lipinski definition) is 4. The number of amides is 2. The summed E-state index contributed by atoms with van der Waals surface area (Å²) in [5.41, 5.74) is -0.0791. The molecule has 104 valence electrons. The molecule has 0 atom stereocenters. The molecule has 0 spiro atoms. The van der Waals surface area contributed by atoms with Gasteiger partial charge in [0, 0.05) is 6.20 Å². The summed E-state index contributed by atoms with van der Waals surface area (Å²) in [6.07, 6.45) is 1.35. The highest BCUT2D eigenvalue weighted by atomic mass is 16.4. The van der Waals surface area contributed by atoms with Crippen molar-refractivity contribution in [2.24, 2.45) is 0 Å². The molecule has 0 unspecified atom stereocenters. The molecule has 0 saturated heterocycles. The number of rotatable bonds is 4. The summed E-state index contributed by atoms with van der Waals surface area (Å²) < 4.78 is 5.30. The highest BCUT2D eigenvalue weighted by molar-refractivity contribution is 5.98. The van der Waals surface area contributed by atoms with Gasteiger partial charge in [0.05, 0.1) is 12.2 Å². The first-order valence-corrected chi connectivity index (χ1v) is 5.85. The molecule has 0 aliphatic rings. The summed E-state index contributed by atoms with van der Waals surface area (Å²) in [6, 6.07) is 6.01. The first-order chi connectivity index (χ1) is 9.56. The number of aromatic carboxylic acids is 1. The van der Waals surface area contributed by atoms with E-state index in [4.69, 9.17) is 9.52 Å². The number of aryl methyl sites for hydroxylation is 1. The van der Waals surface area contributed by atoms with Crippen molar-refractivity contribution in [2.45, 2.75) is 13.5 Å². The minimum Gasteiger partial charge on any atom is -0.476 e. The maximum atomic E-state index is 11.7. The lowest BCUT2D eigenvalue weighted by molar-refractivity contribution is 0.0691. The van der Waals surface area contributed by atoms with Gasteiger partial charge in [0.15, 0.2) is 5.69 Å².